The van der Waals surface area contributed by atoms with Crippen molar-refractivity contribution in [1.82, 2.24) is 0 Å². The van der Waals surface area contributed by atoms with Crippen molar-refractivity contribution in [2.45, 2.75) is 65.3 Å². The van der Waals surface area contributed by atoms with Crippen LogP contribution < -0.4 is 9.64 Å². The van der Waals surface area contributed by atoms with Gasteiger partial charge in [0.15, 0.2) is 5.78 Å². The molecule has 0 aliphatic carbocycles. The maximum Gasteiger partial charge on any atom is 0.332 e. The van der Waals surface area contributed by atoms with E-state index in [0.29, 0.717) is 29.8 Å². The van der Waals surface area contributed by atoms with Crippen molar-refractivity contribution < 1.29 is 23.9 Å². The van der Waals surface area contributed by atoms with E-state index in [4.69, 9.17) is 9.47 Å². The molecule has 1 atom stereocenters. The Morgan fingerprint density at radius 3 is 2.36 bits per heavy atom. The minimum absolute atomic E-state index is 0.0778. The summed E-state index contributed by atoms with van der Waals surface area (Å²) in [6, 6.07) is 11.0. The minimum Gasteiger partial charge on any atom is -0.496 e. The van der Waals surface area contributed by atoms with Crippen LogP contribution in [0.15, 0.2) is 42.5 Å². The molecule has 0 aromatic heterocycles. The first-order valence-electron chi connectivity index (χ1n) is 12.3. The van der Waals surface area contributed by atoms with Gasteiger partial charge < -0.3 is 9.47 Å². The summed E-state index contributed by atoms with van der Waals surface area (Å²) < 4.78 is 11.0. The van der Waals surface area contributed by atoms with Gasteiger partial charge >= 0.3 is 5.97 Å². The number of fused-ring (bicyclic) bond motifs is 1. The van der Waals surface area contributed by atoms with E-state index in [9.17, 15) is 14.4 Å². The minimum atomic E-state index is -1.21. The summed E-state index contributed by atoms with van der Waals surface area (Å²) >= 11 is 0. The first-order valence-corrected chi connectivity index (χ1v) is 12.3. The normalized spacial score (nSPS) is 17.4. The van der Waals surface area contributed by atoms with Crippen LogP contribution in [0.4, 0.5) is 5.69 Å². The number of ether oxygens (including phenoxy) is 2. The first kappa shape index (κ1) is 27.2. The van der Waals surface area contributed by atoms with Gasteiger partial charge in [0.05, 0.1) is 14.2 Å². The van der Waals surface area contributed by atoms with Crippen LogP contribution in [0.2, 0.25) is 0 Å². The van der Waals surface area contributed by atoms with E-state index in [1.54, 1.807) is 30.2 Å². The second-order valence-corrected chi connectivity index (χ2v) is 10.9. The third kappa shape index (κ3) is 5.08. The Bertz CT molecular complexity index is 1200. The van der Waals surface area contributed by atoms with Crippen LogP contribution in [0.25, 0.3) is 6.08 Å². The Morgan fingerprint density at radius 2 is 1.81 bits per heavy atom. The molecule has 0 spiro atoms. The molecule has 0 saturated carbocycles. The molecule has 3 rings (SSSR count). The molecule has 1 aliphatic heterocycles. The third-order valence-electron chi connectivity index (χ3n) is 6.59. The molecule has 0 N–H and O–H groups in total. The van der Waals surface area contributed by atoms with Gasteiger partial charge in [0, 0.05) is 17.7 Å². The molecular weight excluding hydrogens is 454 g/mol. The lowest BCUT2D eigenvalue weighted by molar-refractivity contribution is -0.147. The number of allylic oxidation sites excluding steroid dienone is 1. The Kier molecular flexibility index (Phi) is 7.77. The lowest BCUT2D eigenvalue weighted by Gasteiger charge is -2.37. The van der Waals surface area contributed by atoms with Crippen LogP contribution in [-0.2, 0) is 26.2 Å². The number of amides is 1. The SMILES string of the molecule is COC(=O)C1(CC(C)C)Cc2c(C=CC(C)=O)cccc2N1C(=O)c1ccc(C(C)(C)C)c(OC)c1. The largest absolute Gasteiger partial charge is 0.496 e. The van der Waals surface area contributed by atoms with Crippen LogP contribution >= 0.6 is 0 Å². The third-order valence-corrected chi connectivity index (χ3v) is 6.59. The van der Waals surface area contributed by atoms with Crippen molar-refractivity contribution in [2.75, 3.05) is 19.1 Å². The molecule has 0 bridgehead atoms. The highest BCUT2D eigenvalue weighted by Gasteiger charge is 2.54. The predicted molar refractivity (Wildman–Crippen MR) is 143 cm³/mol. The second kappa shape index (κ2) is 10.3. The summed E-state index contributed by atoms with van der Waals surface area (Å²) in [5.41, 5.74) is 2.33. The van der Waals surface area contributed by atoms with Crippen molar-refractivity contribution >= 4 is 29.4 Å². The van der Waals surface area contributed by atoms with Gasteiger partial charge in [-0.1, -0.05) is 58.9 Å². The Hall–Kier alpha value is -3.41. The fourth-order valence-electron chi connectivity index (χ4n) is 5.11. The van der Waals surface area contributed by atoms with Crippen molar-refractivity contribution in [3.63, 3.8) is 0 Å². The molecule has 6 heteroatoms. The number of carbonyl (C=O) groups is 3. The molecule has 0 saturated heterocycles. The number of hydrogen-bond donors (Lipinski definition) is 0. The van der Waals surface area contributed by atoms with E-state index in [1.807, 2.05) is 38.1 Å². The number of nitrogens with zero attached hydrogens (tertiary/aromatic N) is 1. The summed E-state index contributed by atoms with van der Waals surface area (Å²) in [5, 5.41) is 0. The molecule has 0 radical (unpaired) electrons. The number of carbonyl (C=O) groups excluding carboxylic acids is 3. The summed E-state index contributed by atoms with van der Waals surface area (Å²) in [5.74, 6) is -0.0982. The Labute approximate surface area is 214 Å². The monoisotopic (exact) mass is 491 g/mol. The predicted octanol–water partition coefficient (Wildman–Crippen LogP) is 5.76. The Morgan fingerprint density at radius 1 is 1.11 bits per heavy atom. The van der Waals surface area contributed by atoms with Crippen molar-refractivity contribution in [2.24, 2.45) is 5.92 Å². The summed E-state index contributed by atoms with van der Waals surface area (Å²) in [7, 11) is 2.95. The van der Waals surface area contributed by atoms with E-state index in [1.165, 1.54) is 20.1 Å². The summed E-state index contributed by atoms with van der Waals surface area (Å²) in [4.78, 5) is 40.9. The van der Waals surface area contributed by atoms with E-state index in [-0.39, 0.29) is 23.0 Å². The fourth-order valence-corrected chi connectivity index (χ4v) is 5.11. The highest BCUT2D eigenvalue weighted by molar-refractivity contribution is 6.13. The van der Waals surface area contributed by atoms with Gasteiger partial charge in [0.25, 0.3) is 5.91 Å². The van der Waals surface area contributed by atoms with E-state index < -0.39 is 11.5 Å². The molecule has 1 aliphatic rings. The number of benzene rings is 2. The molecule has 2 aromatic carbocycles. The maximum atomic E-state index is 14.2. The molecule has 0 fully saturated rings. The lowest BCUT2D eigenvalue weighted by atomic mass is 9.83. The molecule has 1 amide bonds. The van der Waals surface area contributed by atoms with Gasteiger partial charge in [0.2, 0.25) is 0 Å². The Balaban J connectivity index is 2.25. The van der Waals surface area contributed by atoms with Crippen LogP contribution in [0.3, 0.4) is 0 Å². The molecule has 36 heavy (non-hydrogen) atoms. The number of anilines is 1. The standard InChI is InChI=1S/C30H37NO5/c1-19(2)17-30(28(34)36-8)18-23-21(13-12-20(3)32)10-9-11-25(23)31(30)27(33)22-14-15-24(29(4,5)6)26(16-22)35-7/h9-16,19H,17-18H2,1-8H3. The lowest BCUT2D eigenvalue weighted by Crippen LogP contribution is -2.57. The average Bonchev–Trinajstić information content (AvgIpc) is 3.15. The van der Waals surface area contributed by atoms with E-state index >= 15 is 0 Å². The number of methoxy groups -OCH3 is 2. The zero-order valence-electron chi connectivity index (χ0n) is 22.6. The maximum absolute atomic E-state index is 14.2. The number of esters is 1. The highest BCUT2D eigenvalue weighted by atomic mass is 16.5. The van der Waals surface area contributed by atoms with Crippen LogP contribution in [-0.4, -0.2) is 37.4 Å². The summed E-state index contributed by atoms with van der Waals surface area (Å²) in [6.07, 6.45) is 3.97. The van der Waals surface area contributed by atoms with Crippen LogP contribution in [0.5, 0.6) is 5.75 Å². The second-order valence-electron chi connectivity index (χ2n) is 10.9. The summed E-state index contributed by atoms with van der Waals surface area (Å²) in [6.45, 7) is 11.8. The van der Waals surface area contributed by atoms with Crippen molar-refractivity contribution in [1.29, 1.82) is 0 Å². The molecule has 6 nitrogen and oxygen atoms in total. The number of rotatable bonds is 7. The van der Waals surface area contributed by atoms with Gasteiger partial charge in [-0.15, -0.1) is 0 Å². The molecule has 2 aromatic rings. The molecular formula is C30H37NO5. The zero-order chi connectivity index (χ0) is 26.8. The van der Waals surface area contributed by atoms with E-state index in [0.717, 1.165) is 16.7 Å². The van der Waals surface area contributed by atoms with Crippen molar-refractivity contribution in [3.8, 4) is 5.75 Å². The molecule has 1 unspecified atom stereocenters. The topological polar surface area (TPSA) is 72.9 Å². The smallest absolute Gasteiger partial charge is 0.332 e. The molecule has 192 valence electrons. The highest BCUT2D eigenvalue weighted by Crippen LogP contribution is 2.46. The first-order chi connectivity index (χ1) is 16.9. The number of ketones is 1. The number of hydrogen-bond acceptors (Lipinski definition) is 5. The van der Waals surface area contributed by atoms with Gasteiger partial charge in [-0.3, -0.25) is 14.5 Å². The van der Waals surface area contributed by atoms with Gasteiger partial charge in [-0.05, 0) is 65.6 Å². The van der Waals surface area contributed by atoms with Crippen molar-refractivity contribution in [3.05, 3.63) is 64.7 Å². The quantitative estimate of drug-likeness (QED) is 0.364. The van der Waals surface area contributed by atoms with Gasteiger partial charge in [-0.25, -0.2) is 4.79 Å². The van der Waals surface area contributed by atoms with Crippen LogP contribution in [0.1, 0.15) is 75.0 Å². The molecule has 1 heterocycles. The van der Waals surface area contributed by atoms with Gasteiger partial charge in [-0.2, -0.15) is 0 Å². The van der Waals surface area contributed by atoms with Gasteiger partial charge in [0.1, 0.15) is 11.3 Å². The zero-order valence-corrected chi connectivity index (χ0v) is 22.6. The van der Waals surface area contributed by atoms with E-state index in [2.05, 4.69) is 20.8 Å². The van der Waals surface area contributed by atoms with Crippen LogP contribution in [0, 0.1) is 5.92 Å². The fraction of sp³-hybridized carbons (Fsp3) is 0.433. The average molecular weight is 492 g/mol.